The summed E-state index contributed by atoms with van der Waals surface area (Å²) in [7, 11) is -3.90. The fourth-order valence-corrected chi connectivity index (χ4v) is 4.06. The Kier molecular flexibility index (Phi) is 4.44. The van der Waals surface area contributed by atoms with Crippen LogP contribution < -0.4 is 4.72 Å². The van der Waals surface area contributed by atoms with Crippen LogP contribution in [0.15, 0.2) is 20.1 Å². The number of hydrogen-bond acceptors (Lipinski definition) is 5. The largest absolute Gasteiger partial charge is 0.480 e. The predicted molar refractivity (Wildman–Crippen MR) is 60.9 cm³/mol. The third kappa shape index (κ3) is 3.25. The Morgan fingerprint density at radius 2 is 2.19 bits per heavy atom. The van der Waals surface area contributed by atoms with E-state index in [9.17, 15) is 13.2 Å². The minimum absolute atomic E-state index is 0.0147. The van der Waals surface area contributed by atoms with Gasteiger partial charge in [0.2, 0.25) is 0 Å². The maximum Gasteiger partial charge on any atom is 0.324 e. The zero-order valence-electron chi connectivity index (χ0n) is 7.75. The molecule has 0 aliphatic heterocycles. The van der Waals surface area contributed by atoms with Gasteiger partial charge in [-0.15, -0.1) is 11.3 Å². The summed E-state index contributed by atoms with van der Waals surface area (Å²) in [6.07, 6.45) is 0. The molecule has 0 fully saturated rings. The lowest BCUT2D eigenvalue weighted by atomic mass is 10.3. The molecule has 0 bridgehead atoms. The zero-order valence-corrected chi connectivity index (χ0v) is 11.0. The smallest absolute Gasteiger partial charge is 0.324 e. The van der Waals surface area contributed by atoms with E-state index < -0.39 is 28.6 Å². The molecule has 0 saturated carbocycles. The van der Waals surface area contributed by atoms with Gasteiger partial charge in [-0.3, -0.25) is 4.79 Å². The van der Waals surface area contributed by atoms with Crippen molar-refractivity contribution in [1.82, 2.24) is 4.72 Å². The highest BCUT2D eigenvalue weighted by Gasteiger charge is 2.25. The average Bonchev–Trinajstić information content (AvgIpc) is 2.61. The van der Waals surface area contributed by atoms with E-state index in [2.05, 4.69) is 15.9 Å². The Morgan fingerprint density at radius 1 is 1.56 bits per heavy atom. The van der Waals surface area contributed by atoms with Crippen LogP contribution in [0.2, 0.25) is 0 Å². The van der Waals surface area contributed by atoms with Crippen LogP contribution >= 0.6 is 27.3 Å². The first kappa shape index (κ1) is 13.6. The van der Waals surface area contributed by atoms with Crippen LogP contribution in [-0.2, 0) is 14.8 Å². The van der Waals surface area contributed by atoms with E-state index >= 15 is 0 Å². The van der Waals surface area contributed by atoms with Crippen LogP contribution in [0.1, 0.15) is 0 Å². The molecule has 0 aliphatic carbocycles. The lowest BCUT2D eigenvalue weighted by molar-refractivity contribution is -0.139. The number of carboxylic acids is 1. The Morgan fingerprint density at radius 3 is 2.56 bits per heavy atom. The van der Waals surface area contributed by atoms with E-state index in [1.807, 2.05) is 4.72 Å². The predicted octanol–water partition coefficient (Wildman–Crippen LogP) is 0.234. The molecule has 6 nitrogen and oxygen atoms in total. The van der Waals surface area contributed by atoms with Gasteiger partial charge in [-0.1, -0.05) is 0 Å². The van der Waals surface area contributed by atoms with Crippen molar-refractivity contribution in [2.75, 3.05) is 6.61 Å². The molecule has 0 saturated heterocycles. The van der Waals surface area contributed by atoms with E-state index in [4.69, 9.17) is 10.2 Å². The van der Waals surface area contributed by atoms with Gasteiger partial charge in [-0.05, 0) is 28.1 Å². The first-order valence-corrected chi connectivity index (χ1v) is 7.07. The zero-order chi connectivity index (χ0) is 12.3. The summed E-state index contributed by atoms with van der Waals surface area (Å²) in [4.78, 5) is 10.6. The van der Waals surface area contributed by atoms with E-state index in [0.29, 0.717) is 3.79 Å². The fraction of sp³-hybridized carbons (Fsp3) is 0.286. The standard InChI is InChI=1S/C7H8BrNO5S2/c8-5-1-2-6(15-5)16(13,14)9-4(3-10)7(11)12/h1-2,4,9-10H,3H2,(H,11,12)/t4-/m1/s1. The molecular formula is C7H8BrNO5S2. The number of hydrogen-bond donors (Lipinski definition) is 3. The molecule has 16 heavy (non-hydrogen) atoms. The maximum atomic E-state index is 11.6. The van der Waals surface area contributed by atoms with Crippen molar-refractivity contribution in [3.63, 3.8) is 0 Å². The van der Waals surface area contributed by atoms with E-state index in [0.717, 1.165) is 11.3 Å². The average molecular weight is 330 g/mol. The summed E-state index contributed by atoms with van der Waals surface area (Å²) in [6, 6.07) is 1.34. The summed E-state index contributed by atoms with van der Waals surface area (Å²) in [6.45, 7) is -0.804. The van der Waals surface area contributed by atoms with E-state index in [-0.39, 0.29) is 4.21 Å². The second kappa shape index (κ2) is 5.23. The van der Waals surface area contributed by atoms with Gasteiger partial charge in [-0.25, -0.2) is 8.42 Å². The molecule has 90 valence electrons. The summed E-state index contributed by atoms with van der Waals surface area (Å²) in [5.41, 5.74) is 0. The van der Waals surface area contributed by atoms with Gasteiger partial charge in [-0.2, -0.15) is 4.72 Å². The number of sulfonamides is 1. The maximum absolute atomic E-state index is 11.6. The van der Waals surface area contributed by atoms with Crippen LogP contribution in [0.4, 0.5) is 0 Å². The number of aliphatic carboxylic acids is 1. The second-order valence-corrected chi connectivity index (χ2v) is 7.16. The third-order valence-electron chi connectivity index (χ3n) is 1.59. The van der Waals surface area contributed by atoms with Crippen molar-refractivity contribution in [2.45, 2.75) is 10.3 Å². The lowest BCUT2D eigenvalue weighted by Crippen LogP contribution is -2.42. The first-order chi connectivity index (χ1) is 7.36. The van der Waals surface area contributed by atoms with Gasteiger partial charge < -0.3 is 10.2 Å². The van der Waals surface area contributed by atoms with Gasteiger partial charge in [0.25, 0.3) is 10.0 Å². The molecule has 0 spiro atoms. The minimum Gasteiger partial charge on any atom is -0.480 e. The summed E-state index contributed by atoms with van der Waals surface area (Å²) >= 11 is 4.05. The molecule has 0 amide bonds. The molecular weight excluding hydrogens is 322 g/mol. The Labute approximate surface area is 104 Å². The number of aliphatic hydroxyl groups excluding tert-OH is 1. The topological polar surface area (TPSA) is 104 Å². The molecule has 3 N–H and O–H groups in total. The van der Waals surface area contributed by atoms with Gasteiger partial charge in [0, 0.05) is 0 Å². The molecule has 0 aromatic carbocycles. The normalized spacial score (nSPS) is 13.6. The van der Waals surface area contributed by atoms with Crippen molar-refractivity contribution in [2.24, 2.45) is 0 Å². The molecule has 0 radical (unpaired) electrons. The Balaban J connectivity index is 2.91. The number of carboxylic acid groups (broad SMARTS) is 1. The van der Waals surface area contributed by atoms with Crippen LogP contribution in [-0.4, -0.2) is 37.2 Å². The number of thiophene rings is 1. The van der Waals surface area contributed by atoms with Gasteiger partial charge >= 0.3 is 5.97 Å². The molecule has 0 unspecified atom stereocenters. The molecule has 1 rings (SSSR count). The number of rotatable bonds is 5. The monoisotopic (exact) mass is 329 g/mol. The van der Waals surface area contributed by atoms with E-state index in [1.165, 1.54) is 12.1 Å². The third-order valence-corrected chi connectivity index (χ3v) is 5.18. The number of aliphatic hydroxyl groups is 1. The fourth-order valence-electron chi connectivity index (χ4n) is 0.853. The molecule has 1 aromatic rings. The van der Waals surface area contributed by atoms with Crippen LogP contribution in [0, 0.1) is 0 Å². The van der Waals surface area contributed by atoms with E-state index in [1.54, 1.807) is 0 Å². The highest BCUT2D eigenvalue weighted by Crippen LogP contribution is 2.25. The van der Waals surface area contributed by atoms with Crippen molar-refractivity contribution >= 4 is 43.3 Å². The Bertz CT molecular complexity index is 483. The Hall–Kier alpha value is -0.480. The number of halogens is 1. The van der Waals surface area contributed by atoms with Crippen molar-refractivity contribution in [1.29, 1.82) is 0 Å². The molecule has 1 atom stereocenters. The first-order valence-electron chi connectivity index (χ1n) is 3.98. The van der Waals surface area contributed by atoms with Crippen molar-refractivity contribution in [3.05, 3.63) is 15.9 Å². The number of nitrogens with one attached hydrogen (secondary N) is 1. The minimum atomic E-state index is -3.90. The molecule has 9 heteroatoms. The van der Waals surface area contributed by atoms with Gasteiger partial charge in [0.05, 0.1) is 10.4 Å². The SMILES string of the molecule is O=C(O)[C@@H](CO)NS(=O)(=O)c1ccc(Br)s1. The van der Waals surface area contributed by atoms with Crippen LogP contribution in [0.25, 0.3) is 0 Å². The van der Waals surface area contributed by atoms with Crippen LogP contribution in [0.5, 0.6) is 0 Å². The molecule has 0 aliphatic rings. The molecule has 1 heterocycles. The van der Waals surface area contributed by atoms with Crippen LogP contribution in [0.3, 0.4) is 0 Å². The second-order valence-electron chi connectivity index (χ2n) is 2.75. The van der Waals surface area contributed by atoms with Crippen molar-refractivity contribution < 1.29 is 23.4 Å². The highest BCUT2D eigenvalue weighted by atomic mass is 79.9. The summed E-state index contributed by atoms with van der Waals surface area (Å²) in [5, 5.41) is 17.3. The van der Waals surface area contributed by atoms with Crippen molar-refractivity contribution in [3.8, 4) is 0 Å². The summed E-state index contributed by atoms with van der Waals surface area (Å²) < 4.78 is 25.7. The van der Waals surface area contributed by atoms with Gasteiger partial charge in [0.1, 0.15) is 10.3 Å². The van der Waals surface area contributed by atoms with Gasteiger partial charge in [0.15, 0.2) is 0 Å². The highest BCUT2D eigenvalue weighted by molar-refractivity contribution is 9.11. The lowest BCUT2D eigenvalue weighted by Gasteiger charge is -2.10. The quantitative estimate of drug-likeness (QED) is 0.717. The molecule has 1 aromatic heterocycles. The summed E-state index contributed by atoms with van der Waals surface area (Å²) in [5.74, 6) is -1.43. The number of carbonyl (C=O) groups is 1.